The van der Waals surface area contributed by atoms with E-state index in [0.29, 0.717) is 13.0 Å². The summed E-state index contributed by atoms with van der Waals surface area (Å²) in [6, 6.07) is 8.91. The first-order chi connectivity index (χ1) is 11.1. The minimum absolute atomic E-state index is 0.169. The molecular formula is C18H29N3O3. The molecule has 2 amide bonds. The second-order valence-electron chi connectivity index (χ2n) is 6.79. The molecule has 0 aromatic heterocycles. The largest absolute Gasteiger partial charge is 0.444 e. The Labute approximate surface area is 144 Å². The SMILES string of the molecule is CCN(C(=O)C(Cc1ccccc1)NC(=O)OC(C)(C)C)N(C)C. The van der Waals surface area contributed by atoms with Crippen LogP contribution in [0.2, 0.25) is 0 Å². The van der Waals surface area contributed by atoms with Crippen molar-refractivity contribution < 1.29 is 14.3 Å². The molecule has 0 saturated heterocycles. The van der Waals surface area contributed by atoms with E-state index in [1.807, 2.05) is 37.3 Å². The van der Waals surface area contributed by atoms with Gasteiger partial charge in [0.25, 0.3) is 5.91 Å². The highest BCUT2D eigenvalue weighted by atomic mass is 16.6. The number of benzene rings is 1. The van der Waals surface area contributed by atoms with Crippen LogP contribution in [0.3, 0.4) is 0 Å². The second kappa shape index (κ2) is 8.68. The molecule has 1 aromatic rings. The van der Waals surface area contributed by atoms with E-state index in [2.05, 4.69) is 5.32 Å². The van der Waals surface area contributed by atoms with Gasteiger partial charge in [0.15, 0.2) is 0 Å². The number of hydrogen-bond acceptors (Lipinski definition) is 4. The fraction of sp³-hybridized carbons (Fsp3) is 0.556. The van der Waals surface area contributed by atoms with Gasteiger partial charge in [-0.1, -0.05) is 30.3 Å². The fourth-order valence-corrected chi connectivity index (χ4v) is 2.32. The van der Waals surface area contributed by atoms with E-state index in [1.165, 1.54) is 0 Å². The van der Waals surface area contributed by atoms with E-state index in [1.54, 1.807) is 44.9 Å². The third kappa shape index (κ3) is 6.58. The molecule has 0 aliphatic heterocycles. The summed E-state index contributed by atoms with van der Waals surface area (Å²) >= 11 is 0. The van der Waals surface area contributed by atoms with Gasteiger partial charge < -0.3 is 10.1 Å². The van der Waals surface area contributed by atoms with Gasteiger partial charge in [0.1, 0.15) is 11.6 Å². The van der Waals surface area contributed by atoms with Crippen LogP contribution in [0.5, 0.6) is 0 Å². The van der Waals surface area contributed by atoms with Gasteiger partial charge in [0.2, 0.25) is 0 Å². The van der Waals surface area contributed by atoms with Crippen molar-refractivity contribution in [1.82, 2.24) is 15.3 Å². The van der Waals surface area contributed by atoms with E-state index < -0.39 is 17.7 Å². The molecule has 0 fully saturated rings. The third-order valence-electron chi connectivity index (χ3n) is 3.31. The Morgan fingerprint density at radius 1 is 1.17 bits per heavy atom. The zero-order chi connectivity index (χ0) is 18.3. The predicted molar refractivity (Wildman–Crippen MR) is 94.4 cm³/mol. The van der Waals surface area contributed by atoms with Gasteiger partial charge >= 0.3 is 6.09 Å². The molecule has 1 aromatic carbocycles. The zero-order valence-corrected chi connectivity index (χ0v) is 15.5. The summed E-state index contributed by atoms with van der Waals surface area (Å²) < 4.78 is 5.30. The molecule has 1 N–H and O–H groups in total. The standard InChI is InChI=1S/C18H29N3O3/c1-7-21(20(5)6)16(22)15(13-14-11-9-8-10-12-14)19-17(23)24-18(2,3)4/h8-12,15H,7,13H2,1-6H3,(H,19,23). The molecule has 0 spiro atoms. The summed E-state index contributed by atoms with van der Waals surface area (Å²) in [5.41, 5.74) is 0.359. The number of carbonyl (C=O) groups is 2. The summed E-state index contributed by atoms with van der Waals surface area (Å²) in [6.07, 6.45) is -0.185. The van der Waals surface area contributed by atoms with Crippen molar-refractivity contribution in [3.8, 4) is 0 Å². The molecule has 0 heterocycles. The highest BCUT2D eigenvalue weighted by Crippen LogP contribution is 2.10. The van der Waals surface area contributed by atoms with Crippen LogP contribution in [0.15, 0.2) is 30.3 Å². The van der Waals surface area contributed by atoms with Crippen molar-refractivity contribution in [2.45, 2.75) is 45.8 Å². The van der Waals surface area contributed by atoms with Crippen LogP contribution in [0.4, 0.5) is 4.79 Å². The van der Waals surface area contributed by atoms with E-state index in [0.717, 1.165) is 5.56 Å². The first-order valence-corrected chi connectivity index (χ1v) is 8.16. The van der Waals surface area contributed by atoms with Gasteiger partial charge in [-0.15, -0.1) is 0 Å². The Balaban J connectivity index is 2.94. The molecule has 1 atom stereocenters. The van der Waals surface area contributed by atoms with Crippen molar-refractivity contribution in [2.24, 2.45) is 0 Å². The molecule has 0 aliphatic carbocycles. The third-order valence-corrected chi connectivity index (χ3v) is 3.31. The van der Waals surface area contributed by atoms with Crippen LogP contribution in [0.25, 0.3) is 0 Å². The zero-order valence-electron chi connectivity index (χ0n) is 15.5. The molecule has 0 bridgehead atoms. The number of alkyl carbamates (subject to hydrolysis) is 1. The van der Waals surface area contributed by atoms with Crippen molar-refractivity contribution in [2.75, 3.05) is 20.6 Å². The average Bonchev–Trinajstić information content (AvgIpc) is 2.45. The van der Waals surface area contributed by atoms with Gasteiger partial charge in [-0.3, -0.25) is 9.80 Å². The van der Waals surface area contributed by atoms with Crippen LogP contribution in [0, 0.1) is 0 Å². The minimum atomic E-state index is -0.690. The summed E-state index contributed by atoms with van der Waals surface area (Å²) in [4.78, 5) is 25.0. The second-order valence-corrected chi connectivity index (χ2v) is 6.79. The lowest BCUT2D eigenvalue weighted by Crippen LogP contribution is -2.54. The number of nitrogens with one attached hydrogen (secondary N) is 1. The van der Waals surface area contributed by atoms with Crippen LogP contribution < -0.4 is 5.32 Å². The number of carbonyl (C=O) groups excluding carboxylic acids is 2. The monoisotopic (exact) mass is 335 g/mol. The molecule has 1 rings (SSSR count). The Hall–Kier alpha value is -2.08. The maximum atomic E-state index is 12.8. The van der Waals surface area contributed by atoms with Crippen LogP contribution in [-0.4, -0.2) is 54.3 Å². The Morgan fingerprint density at radius 3 is 2.21 bits per heavy atom. The Morgan fingerprint density at radius 2 is 1.75 bits per heavy atom. The molecule has 0 saturated carbocycles. The van der Waals surface area contributed by atoms with Gasteiger partial charge in [-0.2, -0.15) is 0 Å². The lowest BCUT2D eigenvalue weighted by Gasteiger charge is -2.32. The first-order valence-electron chi connectivity index (χ1n) is 8.16. The number of hydrogen-bond donors (Lipinski definition) is 1. The normalized spacial score (nSPS) is 12.6. The number of rotatable bonds is 6. The van der Waals surface area contributed by atoms with Gasteiger partial charge in [0, 0.05) is 27.1 Å². The highest BCUT2D eigenvalue weighted by Gasteiger charge is 2.28. The van der Waals surface area contributed by atoms with Crippen molar-refractivity contribution in [3.63, 3.8) is 0 Å². The maximum absolute atomic E-state index is 12.8. The summed E-state index contributed by atoms with van der Waals surface area (Å²) in [7, 11) is 3.60. The van der Waals surface area contributed by atoms with Crippen molar-refractivity contribution in [3.05, 3.63) is 35.9 Å². The molecule has 1 unspecified atom stereocenters. The fourth-order valence-electron chi connectivity index (χ4n) is 2.32. The van der Waals surface area contributed by atoms with E-state index in [4.69, 9.17) is 4.74 Å². The summed E-state index contributed by atoms with van der Waals surface area (Å²) in [6.45, 7) is 7.79. The van der Waals surface area contributed by atoms with E-state index >= 15 is 0 Å². The number of ether oxygens (including phenoxy) is 1. The maximum Gasteiger partial charge on any atom is 0.408 e. The number of likely N-dealkylation sites (N-methyl/N-ethyl adjacent to an activating group) is 1. The lowest BCUT2D eigenvalue weighted by molar-refractivity contribution is -0.146. The highest BCUT2D eigenvalue weighted by molar-refractivity contribution is 5.85. The van der Waals surface area contributed by atoms with Crippen molar-refractivity contribution in [1.29, 1.82) is 0 Å². The Kier molecular flexibility index (Phi) is 7.22. The van der Waals surface area contributed by atoms with Crippen LogP contribution in [0.1, 0.15) is 33.3 Å². The summed E-state index contributed by atoms with van der Waals surface area (Å²) in [5, 5.41) is 6.02. The Bertz CT molecular complexity index is 538. The number of amides is 2. The molecule has 134 valence electrons. The quantitative estimate of drug-likeness (QED) is 0.811. The topological polar surface area (TPSA) is 61.9 Å². The predicted octanol–water partition coefficient (Wildman–Crippen LogP) is 2.45. The van der Waals surface area contributed by atoms with E-state index in [9.17, 15) is 9.59 Å². The molecule has 6 nitrogen and oxygen atoms in total. The van der Waals surface area contributed by atoms with Gasteiger partial charge in [-0.05, 0) is 33.3 Å². The van der Waals surface area contributed by atoms with Gasteiger partial charge in [0.05, 0.1) is 0 Å². The molecule has 6 heteroatoms. The average molecular weight is 335 g/mol. The molecule has 24 heavy (non-hydrogen) atoms. The smallest absolute Gasteiger partial charge is 0.408 e. The number of nitrogens with zero attached hydrogens (tertiary/aromatic N) is 2. The molecule has 0 radical (unpaired) electrons. The summed E-state index contributed by atoms with van der Waals surface area (Å²) in [5.74, 6) is -0.169. The van der Waals surface area contributed by atoms with E-state index in [-0.39, 0.29) is 5.91 Å². The van der Waals surface area contributed by atoms with Gasteiger partial charge in [-0.25, -0.2) is 9.80 Å². The van der Waals surface area contributed by atoms with Crippen LogP contribution >= 0.6 is 0 Å². The minimum Gasteiger partial charge on any atom is -0.444 e. The first kappa shape index (κ1) is 20.0. The molecule has 0 aliphatic rings. The lowest BCUT2D eigenvalue weighted by atomic mass is 10.1. The van der Waals surface area contributed by atoms with Crippen LogP contribution in [-0.2, 0) is 16.0 Å². The number of hydrazine groups is 1. The van der Waals surface area contributed by atoms with Crippen molar-refractivity contribution >= 4 is 12.0 Å². The molecular weight excluding hydrogens is 306 g/mol.